The molecule has 0 radical (unpaired) electrons. The summed E-state index contributed by atoms with van der Waals surface area (Å²) in [5, 5.41) is 14.3. The molecule has 31 heavy (non-hydrogen) atoms. The SMILES string of the molecule is CC(C)COc1ccc(C(=O)NC(=Cc2ccc(C(C)C)cc2)C(=O)NCCO)cc1. The molecule has 0 aliphatic heterocycles. The number of amides is 2. The maximum atomic E-state index is 12.7. The standard InChI is InChI=1S/C25H32N2O4/c1-17(2)16-31-22-11-9-21(10-12-22)24(29)27-23(25(30)26-13-14-28)15-19-5-7-20(8-6-19)18(3)4/h5-12,15,17-18,28H,13-14,16H2,1-4H3,(H,26,30)(H,27,29). The van der Waals surface area contributed by atoms with Crippen molar-refractivity contribution in [3.63, 3.8) is 0 Å². The second-order valence-corrected chi connectivity index (χ2v) is 8.04. The number of hydrogen-bond acceptors (Lipinski definition) is 4. The maximum Gasteiger partial charge on any atom is 0.267 e. The summed E-state index contributed by atoms with van der Waals surface area (Å²) in [6.45, 7) is 8.85. The van der Waals surface area contributed by atoms with Gasteiger partial charge in [-0.3, -0.25) is 9.59 Å². The molecule has 0 aliphatic rings. The third kappa shape index (κ3) is 7.90. The lowest BCUT2D eigenvalue weighted by atomic mass is 10.0. The predicted octanol–water partition coefficient (Wildman–Crippen LogP) is 3.72. The molecule has 166 valence electrons. The zero-order valence-corrected chi connectivity index (χ0v) is 18.6. The normalized spacial score (nSPS) is 11.5. The molecule has 0 bridgehead atoms. The molecule has 2 aromatic rings. The molecule has 0 aromatic heterocycles. The van der Waals surface area contributed by atoms with Crippen molar-refractivity contribution in [2.24, 2.45) is 5.92 Å². The Bertz CT molecular complexity index is 885. The van der Waals surface area contributed by atoms with E-state index in [-0.39, 0.29) is 18.8 Å². The zero-order valence-electron chi connectivity index (χ0n) is 18.6. The number of rotatable bonds is 10. The van der Waals surface area contributed by atoms with E-state index in [0.717, 1.165) is 5.56 Å². The van der Waals surface area contributed by atoms with Crippen LogP contribution in [-0.4, -0.2) is 36.7 Å². The number of aliphatic hydroxyl groups is 1. The van der Waals surface area contributed by atoms with E-state index in [9.17, 15) is 9.59 Å². The van der Waals surface area contributed by atoms with E-state index in [1.54, 1.807) is 30.3 Å². The van der Waals surface area contributed by atoms with Crippen molar-refractivity contribution in [3.8, 4) is 5.75 Å². The monoisotopic (exact) mass is 424 g/mol. The Morgan fingerprint density at radius 3 is 2.19 bits per heavy atom. The van der Waals surface area contributed by atoms with Crippen LogP contribution in [0.4, 0.5) is 0 Å². The Hall–Kier alpha value is -3.12. The third-order valence-corrected chi connectivity index (χ3v) is 4.50. The summed E-state index contributed by atoms with van der Waals surface area (Å²) in [6.07, 6.45) is 1.62. The second kappa shape index (κ2) is 11.9. The Kier molecular flexibility index (Phi) is 9.28. The Morgan fingerprint density at radius 2 is 1.65 bits per heavy atom. The lowest BCUT2D eigenvalue weighted by Gasteiger charge is -2.12. The van der Waals surface area contributed by atoms with Crippen LogP contribution in [0, 0.1) is 5.92 Å². The average molecular weight is 425 g/mol. The van der Waals surface area contributed by atoms with Crippen LogP contribution < -0.4 is 15.4 Å². The first-order valence-corrected chi connectivity index (χ1v) is 10.5. The molecule has 0 aliphatic carbocycles. The van der Waals surface area contributed by atoms with Gasteiger partial charge in [0.2, 0.25) is 0 Å². The molecule has 6 heteroatoms. The predicted molar refractivity (Wildman–Crippen MR) is 123 cm³/mol. The Labute approximate surface area is 184 Å². The van der Waals surface area contributed by atoms with E-state index in [2.05, 4.69) is 38.3 Å². The molecule has 2 aromatic carbocycles. The highest BCUT2D eigenvalue weighted by atomic mass is 16.5. The minimum absolute atomic E-state index is 0.0974. The Morgan fingerprint density at radius 1 is 1.00 bits per heavy atom. The van der Waals surface area contributed by atoms with Gasteiger partial charge in [-0.25, -0.2) is 0 Å². The van der Waals surface area contributed by atoms with Crippen molar-refractivity contribution < 1.29 is 19.4 Å². The van der Waals surface area contributed by atoms with Crippen molar-refractivity contribution in [1.82, 2.24) is 10.6 Å². The van der Waals surface area contributed by atoms with E-state index in [1.165, 1.54) is 5.56 Å². The van der Waals surface area contributed by atoms with E-state index >= 15 is 0 Å². The van der Waals surface area contributed by atoms with Gasteiger partial charge in [0.1, 0.15) is 11.4 Å². The highest BCUT2D eigenvalue weighted by molar-refractivity contribution is 6.05. The van der Waals surface area contributed by atoms with Gasteiger partial charge in [-0.15, -0.1) is 0 Å². The van der Waals surface area contributed by atoms with Gasteiger partial charge in [-0.1, -0.05) is 52.0 Å². The zero-order chi connectivity index (χ0) is 22.8. The van der Waals surface area contributed by atoms with Gasteiger partial charge in [0.05, 0.1) is 13.2 Å². The summed E-state index contributed by atoms with van der Waals surface area (Å²) < 4.78 is 5.64. The van der Waals surface area contributed by atoms with Gasteiger partial charge in [0, 0.05) is 12.1 Å². The molecule has 2 rings (SSSR count). The quantitative estimate of drug-likeness (QED) is 0.507. The van der Waals surface area contributed by atoms with Crippen molar-refractivity contribution in [2.75, 3.05) is 19.8 Å². The first kappa shape index (κ1) is 24.2. The molecule has 0 heterocycles. The second-order valence-electron chi connectivity index (χ2n) is 8.04. The molecule has 0 atom stereocenters. The van der Waals surface area contributed by atoms with Crippen molar-refractivity contribution >= 4 is 17.9 Å². The van der Waals surface area contributed by atoms with E-state index in [4.69, 9.17) is 9.84 Å². The maximum absolute atomic E-state index is 12.7. The molecule has 6 nitrogen and oxygen atoms in total. The van der Waals surface area contributed by atoms with E-state index in [1.807, 2.05) is 24.3 Å². The first-order chi connectivity index (χ1) is 14.8. The molecule has 0 spiro atoms. The van der Waals surface area contributed by atoms with Crippen LogP contribution in [0.1, 0.15) is 55.1 Å². The largest absolute Gasteiger partial charge is 0.493 e. The van der Waals surface area contributed by atoms with Crippen molar-refractivity contribution in [3.05, 3.63) is 70.9 Å². The van der Waals surface area contributed by atoms with Crippen LogP contribution in [0.15, 0.2) is 54.2 Å². The van der Waals surface area contributed by atoms with E-state index < -0.39 is 11.8 Å². The van der Waals surface area contributed by atoms with Gasteiger partial charge in [-0.2, -0.15) is 0 Å². The summed E-state index contributed by atoms with van der Waals surface area (Å²) in [7, 11) is 0. The van der Waals surface area contributed by atoms with Crippen LogP contribution in [0.25, 0.3) is 6.08 Å². The smallest absolute Gasteiger partial charge is 0.267 e. The molecular weight excluding hydrogens is 392 g/mol. The fraction of sp³-hybridized carbons (Fsp3) is 0.360. The van der Waals surface area contributed by atoms with Gasteiger partial charge < -0.3 is 20.5 Å². The van der Waals surface area contributed by atoms with Gasteiger partial charge in [0.15, 0.2) is 0 Å². The van der Waals surface area contributed by atoms with Crippen molar-refractivity contribution in [1.29, 1.82) is 0 Å². The number of nitrogens with one attached hydrogen (secondary N) is 2. The summed E-state index contributed by atoms with van der Waals surface area (Å²) in [4.78, 5) is 25.2. The molecule has 0 unspecified atom stereocenters. The molecule has 2 amide bonds. The average Bonchev–Trinajstić information content (AvgIpc) is 2.76. The van der Waals surface area contributed by atoms with E-state index in [0.29, 0.717) is 29.8 Å². The fourth-order valence-electron chi connectivity index (χ4n) is 2.73. The van der Waals surface area contributed by atoms with Crippen LogP contribution >= 0.6 is 0 Å². The van der Waals surface area contributed by atoms with Crippen LogP contribution in [0.2, 0.25) is 0 Å². The van der Waals surface area contributed by atoms with Crippen molar-refractivity contribution in [2.45, 2.75) is 33.6 Å². The number of carbonyl (C=O) groups is 2. The van der Waals surface area contributed by atoms with Gasteiger partial charge >= 0.3 is 0 Å². The highest BCUT2D eigenvalue weighted by Gasteiger charge is 2.15. The number of ether oxygens (including phenoxy) is 1. The minimum Gasteiger partial charge on any atom is -0.493 e. The lowest BCUT2D eigenvalue weighted by molar-refractivity contribution is -0.117. The first-order valence-electron chi connectivity index (χ1n) is 10.5. The highest BCUT2D eigenvalue weighted by Crippen LogP contribution is 2.17. The summed E-state index contributed by atoms with van der Waals surface area (Å²) in [6, 6.07) is 14.6. The van der Waals surface area contributed by atoms with Gasteiger partial charge in [-0.05, 0) is 53.3 Å². The fourth-order valence-corrected chi connectivity index (χ4v) is 2.73. The Balaban J connectivity index is 2.18. The summed E-state index contributed by atoms with van der Waals surface area (Å²) in [5.41, 5.74) is 2.49. The molecular formula is C25H32N2O4. The van der Waals surface area contributed by atoms with Crippen LogP contribution in [0.3, 0.4) is 0 Å². The van der Waals surface area contributed by atoms with Crippen LogP contribution in [-0.2, 0) is 4.79 Å². The number of benzene rings is 2. The minimum atomic E-state index is -0.466. The van der Waals surface area contributed by atoms with Gasteiger partial charge in [0.25, 0.3) is 11.8 Å². The molecule has 3 N–H and O–H groups in total. The molecule has 0 saturated heterocycles. The molecule has 0 saturated carbocycles. The topological polar surface area (TPSA) is 87.7 Å². The number of carbonyl (C=O) groups excluding carboxylic acids is 2. The molecule has 0 fully saturated rings. The summed E-state index contributed by atoms with van der Waals surface area (Å²) >= 11 is 0. The number of hydrogen-bond donors (Lipinski definition) is 3. The third-order valence-electron chi connectivity index (χ3n) is 4.50. The lowest BCUT2D eigenvalue weighted by Crippen LogP contribution is -2.36. The summed E-state index contributed by atoms with van der Waals surface area (Å²) in [5.74, 6) is 0.624. The van der Waals surface area contributed by atoms with Crippen LogP contribution in [0.5, 0.6) is 5.75 Å². The number of aliphatic hydroxyl groups excluding tert-OH is 1.